The number of carbonyl (C=O) groups excluding carboxylic acids is 7. The number of hydrogen-bond acceptors (Lipinski definition) is 18. The van der Waals surface area contributed by atoms with Crippen LogP contribution in [0.3, 0.4) is 0 Å². The standard InChI is InChI=1S/C77H97ClN8O18/c1-48-18-17-25-64(98-10)77(96)45-63(102-74(94)79-77)49(2)72-76(4,104-72)65(44-69(90)82(7)61-41-51(40-48)42-62(97-9)71(61)78)103-73(93)50(3)81(6)66(87)26-27-68(89)86(35-37-100-39-38-99-36-31-70(91)92)53-28-32-84(33-29-53)67(88)30-34-85-54(43-52-19-11-16-24-60(52)85)46-80(5)83(8)75(95)101-47-59-57-22-14-12-20-55(57)56-21-13-15-23-58(56)59/h11-25,41-43,49-50,53,59,63-65,72,96H,26-40,44-47H2,1-10H3,(H,79,94)(H,91,92)/b25-17+,48-18+/t49-,50+,63?,64-,65+,72?,76+,77+/m1/s1. The first-order valence-corrected chi connectivity index (χ1v) is 35.8. The fraction of sp³-hybridized carbons (Fsp3) is 0.506. The lowest BCUT2D eigenvalue weighted by Crippen LogP contribution is -2.63. The summed E-state index contributed by atoms with van der Waals surface area (Å²) >= 11 is 6.90. The maximum atomic E-state index is 14.6. The van der Waals surface area contributed by atoms with E-state index in [1.54, 1.807) is 60.0 Å². The number of aryl methyl sites for hydroxylation is 1. The number of alkyl carbamates (subject to hydrolysis) is 1. The van der Waals surface area contributed by atoms with Crippen LogP contribution in [0.4, 0.5) is 15.3 Å². The van der Waals surface area contributed by atoms with Gasteiger partial charge >= 0.3 is 24.1 Å². The number of nitrogens with one attached hydrogen (secondary N) is 1. The molecular weight excluding hydrogens is 1360 g/mol. The molecule has 0 saturated carbocycles. The van der Waals surface area contributed by atoms with Crippen LogP contribution in [-0.2, 0) is 81.4 Å². The van der Waals surface area contributed by atoms with Crippen molar-refractivity contribution < 1.29 is 86.5 Å². The zero-order chi connectivity index (χ0) is 74.7. The van der Waals surface area contributed by atoms with Crippen LogP contribution in [0.5, 0.6) is 5.75 Å². The first-order chi connectivity index (χ1) is 49.7. The Morgan fingerprint density at radius 2 is 1.51 bits per heavy atom. The Bertz CT molecular complexity index is 3980. The number of aromatic nitrogens is 1. The van der Waals surface area contributed by atoms with E-state index in [2.05, 4.69) is 40.2 Å². The first-order valence-electron chi connectivity index (χ1n) is 35.4. The zero-order valence-electron chi connectivity index (χ0n) is 60.9. The third kappa shape index (κ3) is 18.1. The van der Waals surface area contributed by atoms with Gasteiger partial charge in [0.05, 0.1) is 64.7 Å². The van der Waals surface area contributed by atoms with Crippen LogP contribution in [-0.4, -0.2) is 230 Å². The van der Waals surface area contributed by atoms with E-state index in [4.69, 9.17) is 54.6 Å². The number of carboxylic acids is 1. The third-order valence-electron chi connectivity index (χ3n) is 20.9. The molecule has 1 aromatic heterocycles. The molecule has 3 N–H and O–H groups in total. The molecule has 27 heteroatoms. The summed E-state index contributed by atoms with van der Waals surface area (Å²) in [5.41, 5.74) is 5.00. The van der Waals surface area contributed by atoms with Crippen LogP contribution in [0.25, 0.3) is 22.0 Å². The number of para-hydroxylation sites is 1. The van der Waals surface area contributed by atoms with Crippen molar-refractivity contribution in [3.05, 3.63) is 142 Å². The number of amides is 6. The maximum absolute atomic E-state index is 14.6. The molecule has 3 fully saturated rings. The van der Waals surface area contributed by atoms with Crippen LogP contribution in [0, 0.1) is 5.92 Å². The zero-order valence-corrected chi connectivity index (χ0v) is 61.6. The largest absolute Gasteiger partial charge is 0.495 e. The molecule has 4 aliphatic heterocycles. The van der Waals surface area contributed by atoms with E-state index in [0.29, 0.717) is 56.9 Å². The van der Waals surface area contributed by atoms with Gasteiger partial charge in [0, 0.05) is 116 Å². The minimum atomic E-state index is -1.92. The number of nitrogens with zero attached hydrogens (tertiary/aromatic N) is 7. The van der Waals surface area contributed by atoms with Gasteiger partial charge in [0.2, 0.25) is 23.6 Å². The highest BCUT2D eigenvalue weighted by Crippen LogP contribution is 2.50. The summed E-state index contributed by atoms with van der Waals surface area (Å²) < 4.78 is 49.2. The Morgan fingerprint density at radius 3 is 2.19 bits per heavy atom. The summed E-state index contributed by atoms with van der Waals surface area (Å²) in [6, 6.07) is 28.3. The molecule has 10 rings (SSSR count). The van der Waals surface area contributed by atoms with Gasteiger partial charge in [-0.05, 0) is 97.5 Å². The molecule has 2 unspecified atom stereocenters. The van der Waals surface area contributed by atoms with Gasteiger partial charge in [0.25, 0.3) is 0 Å². The number of aliphatic hydroxyl groups is 1. The quantitative estimate of drug-likeness (QED) is 0.0153. The highest BCUT2D eigenvalue weighted by molar-refractivity contribution is 6.35. The van der Waals surface area contributed by atoms with E-state index in [1.165, 1.54) is 50.0 Å². The van der Waals surface area contributed by atoms with Gasteiger partial charge in [-0.25, -0.2) is 24.4 Å². The molecule has 26 nitrogen and oxygen atoms in total. The smallest absolute Gasteiger partial charge is 0.424 e. The molecule has 0 radical (unpaired) electrons. The number of methoxy groups -OCH3 is 2. The molecule has 4 aromatic carbocycles. The van der Waals surface area contributed by atoms with Gasteiger partial charge in [0.15, 0.2) is 5.72 Å². The lowest BCUT2D eigenvalue weighted by molar-refractivity contribution is -0.162. The number of epoxide rings is 1. The summed E-state index contributed by atoms with van der Waals surface area (Å²) in [6.07, 6.45) is -0.111. The van der Waals surface area contributed by atoms with Crippen molar-refractivity contribution in [3.8, 4) is 16.9 Å². The Labute approximate surface area is 611 Å². The molecule has 5 aromatic rings. The summed E-state index contributed by atoms with van der Waals surface area (Å²) in [5.74, 6) is -3.80. The average Bonchev–Trinajstić information content (AvgIpc) is 1.58. The number of hydrogen-bond donors (Lipinski definition) is 3. The SMILES string of the molecule is COc1cc2cc(c1Cl)N(C)C(=O)C[C@H](OC(=O)[C@H](C)N(C)C(=O)CCC(=O)N(CCOCCOCCC(=O)O)C1CCN(C(=O)CCn3c(CN(C)N(C)C(=O)OCC4c5ccccc5-c5ccccc54)cc4ccccc43)CC1)[C@]1(C)OC1[C@H](C)C1C[C@@](O)(NC(=O)O1)[C@H](OC)/C=C/C=C(\C)C2. The van der Waals surface area contributed by atoms with Crippen molar-refractivity contribution in [1.29, 1.82) is 0 Å². The van der Waals surface area contributed by atoms with Crippen molar-refractivity contribution in [2.24, 2.45) is 5.92 Å². The van der Waals surface area contributed by atoms with Gasteiger partial charge in [-0.2, -0.15) is 0 Å². The number of hydrazine groups is 1. The Morgan fingerprint density at radius 1 is 0.846 bits per heavy atom. The lowest BCUT2D eigenvalue weighted by atomic mass is 9.83. The second-order valence-electron chi connectivity index (χ2n) is 27.7. The van der Waals surface area contributed by atoms with Crippen molar-refractivity contribution in [1.82, 2.24) is 34.6 Å². The number of likely N-dealkylation sites (N-methyl/N-ethyl adjacent to an activating group) is 1. The number of carboxylic acid groups (broad SMARTS) is 1. The average molecular weight is 1460 g/mol. The van der Waals surface area contributed by atoms with Gasteiger partial charge in [-0.15, -0.1) is 0 Å². The van der Waals surface area contributed by atoms with E-state index in [0.717, 1.165) is 50.0 Å². The van der Waals surface area contributed by atoms with Crippen molar-refractivity contribution in [3.63, 3.8) is 0 Å². The number of ether oxygens (including phenoxy) is 8. The van der Waals surface area contributed by atoms with Gasteiger partial charge in [0.1, 0.15) is 47.3 Å². The molecular formula is C77H97ClN8O18. The molecule has 0 spiro atoms. The number of carbonyl (C=O) groups is 8. The predicted octanol–water partition coefficient (Wildman–Crippen LogP) is 8.89. The molecule has 4 bridgehead atoms. The highest BCUT2D eigenvalue weighted by atomic mass is 35.5. The first kappa shape index (κ1) is 77.7. The Balaban J connectivity index is 0.771. The number of rotatable bonds is 26. The minimum Gasteiger partial charge on any atom is -0.495 e. The minimum absolute atomic E-state index is 0.00815. The second kappa shape index (κ2) is 34.4. The van der Waals surface area contributed by atoms with Crippen molar-refractivity contribution in [2.45, 2.75) is 152 Å². The van der Waals surface area contributed by atoms with E-state index >= 15 is 0 Å². The Hall–Kier alpha value is -8.89. The van der Waals surface area contributed by atoms with Gasteiger partial charge in [-0.3, -0.25) is 29.3 Å². The van der Waals surface area contributed by atoms with E-state index in [-0.39, 0.29) is 100 Å². The number of esters is 1. The maximum Gasteiger partial charge on any atom is 0.424 e. The van der Waals surface area contributed by atoms with E-state index in [9.17, 15) is 43.5 Å². The van der Waals surface area contributed by atoms with Crippen LogP contribution in [0.2, 0.25) is 5.02 Å². The number of anilines is 1. The Kier molecular flexibility index (Phi) is 25.7. The van der Waals surface area contributed by atoms with Gasteiger partial charge < -0.3 is 72.3 Å². The topological polar surface area (TPSA) is 291 Å². The number of likely N-dealkylation sites (tertiary alicyclic amines) is 1. The molecule has 1 aliphatic carbocycles. The lowest BCUT2D eigenvalue weighted by Gasteiger charge is -2.42. The highest BCUT2D eigenvalue weighted by Gasteiger charge is 2.64. The summed E-state index contributed by atoms with van der Waals surface area (Å²) in [4.78, 5) is 116. The van der Waals surface area contributed by atoms with E-state index in [1.807, 2.05) is 68.6 Å². The number of allylic oxidation sites excluding steroid dienone is 3. The monoisotopic (exact) mass is 1460 g/mol. The molecule has 5 aliphatic rings. The molecule has 5 heterocycles. The number of benzene rings is 4. The fourth-order valence-electron chi connectivity index (χ4n) is 14.5. The van der Waals surface area contributed by atoms with Crippen molar-refractivity contribution >= 4 is 75.9 Å². The molecule has 560 valence electrons. The van der Waals surface area contributed by atoms with Crippen LogP contribution >= 0.6 is 11.6 Å². The van der Waals surface area contributed by atoms with E-state index < -0.39 is 90.1 Å². The van der Waals surface area contributed by atoms with Crippen molar-refractivity contribution in [2.75, 3.05) is 100.0 Å². The molecule has 8 atom stereocenters. The van der Waals surface area contributed by atoms with Crippen LogP contribution < -0.4 is 15.0 Å². The molecule has 6 amide bonds. The third-order valence-corrected chi connectivity index (χ3v) is 21.3. The summed E-state index contributed by atoms with van der Waals surface area (Å²) in [5, 5.41) is 28.0. The summed E-state index contributed by atoms with van der Waals surface area (Å²) in [6.45, 7) is 8.86. The fourth-order valence-corrected chi connectivity index (χ4v) is 14.8. The molecule has 3 saturated heterocycles. The number of fused-ring (bicyclic) bond motifs is 9. The number of aliphatic carboxylic acids is 1. The second-order valence-corrected chi connectivity index (χ2v) is 28.1. The molecule has 104 heavy (non-hydrogen) atoms. The van der Waals surface area contributed by atoms with Crippen LogP contribution in [0.15, 0.2) is 115 Å². The van der Waals surface area contributed by atoms with Gasteiger partial charge in [-0.1, -0.05) is 109 Å². The number of piperidine rings is 1. The normalized spacial score (nSPS) is 23.1. The predicted molar refractivity (Wildman–Crippen MR) is 386 cm³/mol. The number of halogens is 1. The summed E-state index contributed by atoms with van der Waals surface area (Å²) in [7, 11) is 9.32. The van der Waals surface area contributed by atoms with Crippen LogP contribution in [0.1, 0.15) is 107 Å².